The van der Waals surface area contributed by atoms with Crippen molar-refractivity contribution in [1.82, 2.24) is 4.90 Å². The van der Waals surface area contributed by atoms with Crippen LogP contribution in [0.15, 0.2) is 0 Å². The quantitative estimate of drug-likeness (QED) is 0.725. The molecule has 2 fully saturated rings. The van der Waals surface area contributed by atoms with Gasteiger partial charge in [-0.05, 0) is 44.0 Å². The lowest BCUT2D eigenvalue weighted by Crippen LogP contribution is -2.44. The van der Waals surface area contributed by atoms with Gasteiger partial charge in [0.2, 0.25) is 0 Å². The third kappa shape index (κ3) is 2.39. The first-order valence-electron chi connectivity index (χ1n) is 5.42. The fourth-order valence-corrected chi connectivity index (χ4v) is 3.69. The van der Waals surface area contributed by atoms with Crippen molar-refractivity contribution in [3.63, 3.8) is 0 Å². The molecule has 0 amide bonds. The zero-order valence-corrected chi connectivity index (χ0v) is 9.06. The van der Waals surface area contributed by atoms with E-state index in [0.29, 0.717) is 0 Å². The summed E-state index contributed by atoms with van der Waals surface area (Å²) in [7, 11) is 0. The molecule has 2 rings (SSSR count). The molecule has 0 radical (unpaired) electrons. The van der Waals surface area contributed by atoms with Crippen molar-refractivity contribution in [2.24, 2.45) is 11.7 Å². The molecule has 13 heavy (non-hydrogen) atoms. The summed E-state index contributed by atoms with van der Waals surface area (Å²) >= 11 is 2.11. The number of hydrogen-bond donors (Lipinski definition) is 1. The van der Waals surface area contributed by atoms with E-state index in [2.05, 4.69) is 16.7 Å². The second-order valence-corrected chi connectivity index (χ2v) is 5.41. The average Bonchev–Trinajstić information content (AvgIpc) is 2.71. The molecule has 2 heterocycles. The van der Waals surface area contributed by atoms with Crippen LogP contribution in [0.1, 0.15) is 19.3 Å². The SMILES string of the molecule is NC[C@H]1CCCN([C@@H]2CCSC2)C1. The number of likely N-dealkylation sites (tertiary alicyclic amines) is 1. The van der Waals surface area contributed by atoms with Crippen LogP contribution >= 0.6 is 11.8 Å². The van der Waals surface area contributed by atoms with Crippen LogP contribution in [0.4, 0.5) is 0 Å². The number of nitrogens with zero attached hydrogens (tertiary/aromatic N) is 1. The van der Waals surface area contributed by atoms with Crippen LogP contribution < -0.4 is 5.73 Å². The van der Waals surface area contributed by atoms with E-state index in [-0.39, 0.29) is 0 Å². The second kappa shape index (κ2) is 4.67. The molecule has 2 aliphatic heterocycles. The van der Waals surface area contributed by atoms with E-state index in [1.165, 1.54) is 43.9 Å². The molecule has 2 nitrogen and oxygen atoms in total. The van der Waals surface area contributed by atoms with Crippen LogP contribution in [0.2, 0.25) is 0 Å². The summed E-state index contributed by atoms with van der Waals surface area (Å²) in [5.41, 5.74) is 5.73. The fourth-order valence-electron chi connectivity index (χ4n) is 2.43. The summed E-state index contributed by atoms with van der Waals surface area (Å²) in [6, 6.07) is 0.874. The van der Waals surface area contributed by atoms with Crippen LogP contribution in [0.3, 0.4) is 0 Å². The highest BCUT2D eigenvalue weighted by Gasteiger charge is 2.27. The van der Waals surface area contributed by atoms with Crippen LogP contribution in [0.25, 0.3) is 0 Å². The Kier molecular flexibility index (Phi) is 3.52. The Bertz CT molecular complexity index is 157. The molecule has 2 aliphatic rings. The summed E-state index contributed by atoms with van der Waals surface area (Å²) in [4.78, 5) is 2.68. The van der Waals surface area contributed by atoms with Gasteiger partial charge in [0.15, 0.2) is 0 Å². The summed E-state index contributed by atoms with van der Waals surface area (Å²) in [6.45, 7) is 3.47. The number of hydrogen-bond acceptors (Lipinski definition) is 3. The molecule has 0 aromatic heterocycles. The minimum atomic E-state index is 0.777. The van der Waals surface area contributed by atoms with Gasteiger partial charge < -0.3 is 5.73 Å². The van der Waals surface area contributed by atoms with E-state index in [1.54, 1.807) is 0 Å². The molecule has 2 N–H and O–H groups in total. The number of thioether (sulfide) groups is 1. The third-order valence-electron chi connectivity index (χ3n) is 3.31. The summed E-state index contributed by atoms with van der Waals surface area (Å²) < 4.78 is 0. The lowest BCUT2D eigenvalue weighted by molar-refractivity contribution is 0.137. The number of nitrogens with two attached hydrogens (primary N) is 1. The van der Waals surface area contributed by atoms with Gasteiger partial charge in [-0.2, -0.15) is 11.8 Å². The Hall–Kier alpha value is 0.270. The molecule has 0 spiro atoms. The molecule has 0 unspecified atom stereocenters. The van der Waals surface area contributed by atoms with Gasteiger partial charge in [0.05, 0.1) is 0 Å². The molecular weight excluding hydrogens is 180 g/mol. The summed E-state index contributed by atoms with van der Waals surface area (Å²) in [6.07, 6.45) is 4.12. The molecule has 3 heteroatoms. The van der Waals surface area contributed by atoms with Gasteiger partial charge >= 0.3 is 0 Å². The van der Waals surface area contributed by atoms with Crippen molar-refractivity contribution in [3.8, 4) is 0 Å². The van der Waals surface area contributed by atoms with Crippen molar-refractivity contribution >= 4 is 11.8 Å². The largest absolute Gasteiger partial charge is 0.330 e. The first-order valence-corrected chi connectivity index (χ1v) is 6.57. The zero-order valence-electron chi connectivity index (χ0n) is 8.24. The highest BCUT2D eigenvalue weighted by atomic mass is 32.2. The predicted octanol–water partition coefficient (Wildman–Crippen LogP) is 1.16. The first kappa shape index (κ1) is 9.81. The van der Waals surface area contributed by atoms with Crippen LogP contribution in [0, 0.1) is 5.92 Å². The molecule has 2 atom stereocenters. The fraction of sp³-hybridized carbons (Fsp3) is 1.00. The van der Waals surface area contributed by atoms with Gasteiger partial charge in [0.1, 0.15) is 0 Å². The molecule has 0 aromatic carbocycles. The zero-order chi connectivity index (χ0) is 9.10. The van der Waals surface area contributed by atoms with Gasteiger partial charge in [0.25, 0.3) is 0 Å². The third-order valence-corrected chi connectivity index (χ3v) is 4.45. The average molecular weight is 200 g/mol. The van der Waals surface area contributed by atoms with Crippen LogP contribution in [-0.2, 0) is 0 Å². The lowest BCUT2D eigenvalue weighted by Gasteiger charge is -2.36. The second-order valence-electron chi connectivity index (χ2n) is 4.26. The molecule has 2 saturated heterocycles. The van der Waals surface area contributed by atoms with Crippen molar-refractivity contribution < 1.29 is 0 Å². The molecule has 76 valence electrons. The van der Waals surface area contributed by atoms with E-state index in [1.807, 2.05) is 0 Å². The predicted molar refractivity (Wildman–Crippen MR) is 59.1 cm³/mol. The van der Waals surface area contributed by atoms with E-state index >= 15 is 0 Å². The highest BCUT2D eigenvalue weighted by Crippen LogP contribution is 2.26. The Labute approximate surface area is 85.2 Å². The van der Waals surface area contributed by atoms with Gasteiger partial charge in [0, 0.05) is 18.3 Å². The first-order chi connectivity index (χ1) is 6.40. The van der Waals surface area contributed by atoms with E-state index in [9.17, 15) is 0 Å². The van der Waals surface area contributed by atoms with Crippen molar-refractivity contribution in [2.45, 2.75) is 25.3 Å². The molecule has 0 saturated carbocycles. The van der Waals surface area contributed by atoms with E-state index in [4.69, 9.17) is 5.73 Å². The van der Waals surface area contributed by atoms with Gasteiger partial charge in [-0.15, -0.1) is 0 Å². The van der Waals surface area contributed by atoms with Crippen molar-refractivity contribution in [2.75, 3.05) is 31.1 Å². The maximum Gasteiger partial charge on any atom is 0.0194 e. The lowest BCUT2D eigenvalue weighted by atomic mass is 9.97. The van der Waals surface area contributed by atoms with Crippen LogP contribution in [-0.4, -0.2) is 42.1 Å². The van der Waals surface area contributed by atoms with Crippen molar-refractivity contribution in [1.29, 1.82) is 0 Å². The van der Waals surface area contributed by atoms with Crippen LogP contribution in [0.5, 0.6) is 0 Å². The topological polar surface area (TPSA) is 29.3 Å². The molecular formula is C10H20N2S. The normalized spacial score (nSPS) is 36.7. The van der Waals surface area contributed by atoms with Crippen molar-refractivity contribution in [3.05, 3.63) is 0 Å². The minimum Gasteiger partial charge on any atom is -0.330 e. The van der Waals surface area contributed by atoms with Gasteiger partial charge in [-0.3, -0.25) is 4.90 Å². The molecule has 0 aliphatic carbocycles. The minimum absolute atomic E-state index is 0.777. The molecule has 0 aromatic rings. The Morgan fingerprint density at radius 3 is 3.00 bits per heavy atom. The Balaban J connectivity index is 1.84. The number of rotatable bonds is 2. The van der Waals surface area contributed by atoms with E-state index in [0.717, 1.165) is 18.5 Å². The molecule has 0 bridgehead atoms. The smallest absolute Gasteiger partial charge is 0.0194 e. The summed E-state index contributed by atoms with van der Waals surface area (Å²) in [5.74, 6) is 3.51. The Morgan fingerprint density at radius 2 is 2.31 bits per heavy atom. The van der Waals surface area contributed by atoms with Gasteiger partial charge in [-0.25, -0.2) is 0 Å². The highest BCUT2D eigenvalue weighted by molar-refractivity contribution is 7.99. The Morgan fingerprint density at radius 1 is 1.38 bits per heavy atom. The summed E-state index contributed by atoms with van der Waals surface area (Å²) in [5, 5.41) is 0. The van der Waals surface area contributed by atoms with Gasteiger partial charge in [-0.1, -0.05) is 0 Å². The number of piperidine rings is 1. The maximum absolute atomic E-state index is 5.73. The maximum atomic E-state index is 5.73. The monoisotopic (exact) mass is 200 g/mol. The van der Waals surface area contributed by atoms with E-state index < -0.39 is 0 Å². The standard InChI is InChI=1S/C10H20N2S/c11-6-9-2-1-4-12(7-9)10-3-5-13-8-10/h9-10H,1-8,11H2/t9-,10-/m1/s1.